The van der Waals surface area contributed by atoms with E-state index in [9.17, 15) is 19.5 Å². The van der Waals surface area contributed by atoms with Gasteiger partial charge in [0.2, 0.25) is 11.8 Å². The van der Waals surface area contributed by atoms with Gasteiger partial charge in [0.15, 0.2) is 10.8 Å². The molecular weight excluding hydrogens is 452 g/mol. The van der Waals surface area contributed by atoms with E-state index in [1.165, 1.54) is 23.8 Å². The molecule has 0 fully saturated rings. The molecule has 164 valence electrons. The monoisotopic (exact) mass is 470 g/mol. The Bertz CT molecular complexity index is 1290. The number of nitrogens with one attached hydrogen (secondary N) is 2. The molecule has 11 heteroatoms. The number of aromatic amines is 1. The molecule has 3 aromatic heterocycles. The molecule has 0 spiro atoms. The van der Waals surface area contributed by atoms with Crippen molar-refractivity contribution in [2.45, 2.75) is 12.5 Å². The number of carbonyl (C=O) groups is 2. The number of esters is 1. The zero-order valence-corrected chi connectivity index (χ0v) is 18.4. The summed E-state index contributed by atoms with van der Waals surface area (Å²) in [7, 11) is 1.24. The van der Waals surface area contributed by atoms with Crippen molar-refractivity contribution < 1.29 is 19.4 Å². The Morgan fingerprint density at radius 3 is 2.69 bits per heavy atom. The standard InChI is InChI=1S/C21H18N4O5S2/c1-30-19(28)14-11-32-20(22-14)24-17(26)15(10-13-8-5-9-31-13)25-18(27)16(23-21(25)29)12-6-3-2-4-7-12/h2-9,11,15,27H,10H2,1H3,(H,23,29)(H,22,24,26)/t15-/m0/s1. The molecule has 1 atom stereocenters. The number of imidazole rings is 1. The summed E-state index contributed by atoms with van der Waals surface area (Å²) in [6.45, 7) is 0. The Morgan fingerprint density at radius 2 is 2.00 bits per heavy atom. The van der Waals surface area contributed by atoms with Gasteiger partial charge in [0, 0.05) is 22.2 Å². The molecule has 0 aliphatic rings. The molecule has 0 radical (unpaired) electrons. The van der Waals surface area contributed by atoms with Gasteiger partial charge in [-0.1, -0.05) is 36.4 Å². The van der Waals surface area contributed by atoms with Gasteiger partial charge in [0.05, 0.1) is 7.11 Å². The van der Waals surface area contributed by atoms with Crippen LogP contribution in [0.4, 0.5) is 5.13 Å². The first-order chi connectivity index (χ1) is 15.5. The first-order valence-electron chi connectivity index (χ1n) is 9.44. The summed E-state index contributed by atoms with van der Waals surface area (Å²) >= 11 is 2.49. The highest BCUT2D eigenvalue weighted by Crippen LogP contribution is 2.30. The van der Waals surface area contributed by atoms with Gasteiger partial charge in [-0.25, -0.2) is 19.1 Å². The molecule has 0 saturated carbocycles. The topological polar surface area (TPSA) is 126 Å². The third-order valence-corrected chi connectivity index (χ3v) is 6.34. The molecule has 0 aliphatic heterocycles. The fourth-order valence-corrected chi connectivity index (χ4v) is 4.60. The molecule has 3 N–H and O–H groups in total. The number of carbonyl (C=O) groups excluding carboxylic acids is 2. The van der Waals surface area contributed by atoms with Crippen molar-refractivity contribution in [3.8, 4) is 17.1 Å². The van der Waals surface area contributed by atoms with Crippen LogP contribution < -0.4 is 11.0 Å². The minimum absolute atomic E-state index is 0.0654. The lowest BCUT2D eigenvalue weighted by Gasteiger charge is -2.17. The Balaban J connectivity index is 1.69. The molecule has 1 aromatic carbocycles. The smallest absolute Gasteiger partial charge is 0.357 e. The van der Waals surface area contributed by atoms with Gasteiger partial charge in [-0.05, 0) is 11.4 Å². The number of anilines is 1. The second kappa shape index (κ2) is 9.20. The number of thiophene rings is 1. The second-order valence-corrected chi connectivity index (χ2v) is 8.57. The van der Waals surface area contributed by atoms with Gasteiger partial charge in [0.25, 0.3) is 0 Å². The fourth-order valence-electron chi connectivity index (χ4n) is 3.17. The lowest BCUT2D eigenvalue weighted by atomic mass is 10.1. The van der Waals surface area contributed by atoms with Crippen LogP contribution in [-0.4, -0.2) is 38.6 Å². The number of rotatable bonds is 7. The SMILES string of the molecule is COC(=O)c1csc(NC(=O)[C@H](Cc2cccs2)n2c(O)c(-c3ccccc3)[nH]c2=O)n1. The molecule has 1 amide bonds. The van der Waals surface area contributed by atoms with Crippen LogP contribution in [0.5, 0.6) is 5.88 Å². The van der Waals surface area contributed by atoms with Crippen molar-refractivity contribution in [2.24, 2.45) is 0 Å². The highest BCUT2D eigenvalue weighted by molar-refractivity contribution is 7.14. The maximum atomic E-state index is 13.2. The van der Waals surface area contributed by atoms with Gasteiger partial charge >= 0.3 is 11.7 Å². The number of ether oxygens (including phenoxy) is 1. The number of hydrogen-bond acceptors (Lipinski definition) is 8. The number of aromatic hydroxyl groups is 1. The molecule has 0 saturated heterocycles. The molecule has 4 rings (SSSR count). The predicted octanol–water partition coefficient (Wildman–Crippen LogP) is 3.28. The average Bonchev–Trinajstić information content (AvgIpc) is 3.54. The zero-order valence-electron chi connectivity index (χ0n) is 16.8. The summed E-state index contributed by atoms with van der Waals surface area (Å²) in [5, 5.41) is 17.0. The lowest BCUT2D eigenvalue weighted by molar-refractivity contribution is -0.119. The Labute approximate surface area is 190 Å². The Kier molecular flexibility index (Phi) is 6.19. The van der Waals surface area contributed by atoms with E-state index in [2.05, 4.69) is 20.0 Å². The van der Waals surface area contributed by atoms with E-state index in [-0.39, 0.29) is 28.8 Å². The maximum Gasteiger partial charge on any atom is 0.357 e. The van der Waals surface area contributed by atoms with E-state index in [0.29, 0.717) is 5.56 Å². The number of hydrogen-bond donors (Lipinski definition) is 3. The number of methoxy groups -OCH3 is 1. The molecule has 0 aliphatic carbocycles. The molecule has 32 heavy (non-hydrogen) atoms. The van der Waals surface area contributed by atoms with E-state index in [4.69, 9.17) is 0 Å². The van der Waals surface area contributed by atoms with Gasteiger partial charge in [-0.3, -0.25) is 4.79 Å². The predicted molar refractivity (Wildman–Crippen MR) is 121 cm³/mol. The van der Waals surface area contributed by atoms with Crippen LogP contribution in [0.1, 0.15) is 21.4 Å². The average molecular weight is 471 g/mol. The van der Waals surface area contributed by atoms with E-state index >= 15 is 0 Å². The third kappa shape index (κ3) is 4.34. The summed E-state index contributed by atoms with van der Waals surface area (Å²) in [5.41, 5.74) is 0.281. The first-order valence-corrected chi connectivity index (χ1v) is 11.2. The van der Waals surface area contributed by atoms with Crippen LogP contribution in [0.3, 0.4) is 0 Å². The quantitative estimate of drug-likeness (QED) is 0.356. The molecule has 4 aromatic rings. The Morgan fingerprint density at radius 1 is 1.22 bits per heavy atom. The largest absolute Gasteiger partial charge is 0.493 e. The van der Waals surface area contributed by atoms with Crippen LogP contribution in [0.15, 0.2) is 58.0 Å². The normalized spacial score (nSPS) is 11.8. The van der Waals surface area contributed by atoms with Crippen molar-refractivity contribution in [1.29, 1.82) is 0 Å². The lowest BCUT2D eigenvalue weighted by Crippen LogP contribution is -2.33. The second-order valence-electron chi connectivity index (χ2n) is 6.68. The van der Waals surface area contributed by atoms with Crippen molar-refractivity contribution in [3.63, 3.8) is 0 Å². The number of benzene rings is 1. The Hall–Kier alpha value is -3.70. The van der Waals surface area contributed by atoms with Crippen LogP contribution >= 0.6 is 22.7 Å². The van der Waals surface area contributed by atoms with Crippen molar-refractivity contribution in [2.75, 3.05) is 12.4 Å². The minimum Gasteiger partial charge on any atom is -0.493 e. The third-order valence-electron chi connectivity index (χ3n) is 4.68. The number of thiazole rings is 1. The minimum atomic E-state index is -1.06. The number of aromatic nitrogens is 3. The van der Waals surface area contributed by atoms with E-state index < -0.39 is 23.6 Å². The summed E-state index contributed by atoms with van der Waals surface area (Å²) in [6.07, 6.45) is 0.179. The molecule has 9 nitrogen and oxygen atoms in total. The maximum absolute atomic E-state index is 13.2. The van der Waals surface area contributed by atoms with E-state index in [1.54, 1.807) is 24.3 Å². The van der Waals surface area contributed by atoms with Gasteiger partial charge in [-0.15, -0.1) is 22.7 Å². The van der Waals surface area contributed by atoms with Crippen LogP contribution in [0.25, 0.3) is 11.3 Å². The molecule has 3 heterocycles. The highest BCUT2D eigenvalue weighted by Gasteiger charge is 2.29. The summed E-state index contributed by atoms with van der Waals surface area (Å²) in [5.74, 6) is -1.52. The number of amides is 1. The van der Waals surface area contributed by atoms with Crippen molar-refractivity contribution in [1.82, 2.24) is 14.5 Å². The molecular formula is C21H18N4O5S2. The van der Waals surface area contributed by atoms with Crippen LogP contribution in [0.2, 0.25) is 0 Å². The van der Waals surface area contributed by atoms with Gasteiger partial charge in [-0.2, -0.15) is 0 Å². The number of nitrogens with zero attached hydrogens (tertiary/aromatic N) is 2. The summed E-state index contributed by atoms with van der Waals surface area (Å²) in [6, 6.07) is 11.5. The molecule has 0 unspecified atom stereocenters. The zero-order chi connectivity index (χ0) is 22.7. The summed E-state index contributed by atoms with van der Waals surface area (Å²) < 4.78 is 5.66. The van der Waals surface area contributed by atoms with Crippen molar-refractivity contribution >= 4 is 39.7 Å². The van der Waals surface area contributed by atoms with Crippen LogP contribution in [-0.2, 0) is 16.0 Å². The van der Waals surface area contributed by atoms with Gasteiger partial charge < -0.3 is 20.1 Å². The molecule has 0 bridgehead atoms. The van der Waals surface area contributed by atoms with Crippen LogP contribution in [0, 0.1) is 0 Å². The van der Waals surface area contributed by atoms with Gasteiger partial charge in [0.1, 0.15) is 11.7 Å². The number of H-pyrrole nitrogens is 1. The highest BCUT2D eigenvalue weighted by atomic mass is 32.1. The van der Waals surface area contributed by atoms with E-state index in [1.807, 2.05) is 23.6 Å². The van der Waals surface area contributed by atoms with Crippen molar-refractivity contribution in [3.05, 3.63) is 74.3 Å². The van der Waals surface area contributed by atoms with E-state index in [0.717, 1.165) is 20.8 Å². The fraction of sp³-hybridized carbons (Fsp3) is 0.143. The summed E-state index contributed by atoms with van der Waals surface area (Å²) in [4.78, 5) is 45.2. The first kappa shape index (κ1) is 21.5.